The summed E-state index contributed by atoms with van der Waals surface area (Å²) in [7, 11) is 0. The second kappa shape index (κ2) is 10.4. The first kappa shape index (κ1) is 26.1. The van der Waals surface area contributed by atoms with Crippen LogP contribution < -0.4 is 10.6 Å². The molecule has 1 unspecified atom stereocenters. The first-order valence-corrected chi connectivity index (χ1v) is 12.0. The lowest BCUT2D eigenvalue weighted by Crippen LogP contribution is -2.43. The second-order valence-corrected chi connectivity index (χ2v) is 9.11. The first-order chi connectivity index (χ1) is 18.1. The molecule has 38 heavy (non-hydrogen) atoms. The molecule has 1 saturated heterocycles. The third-order valence-electron chi connectivity index (χ3n) is 6.66. The largest absolute Gasteiger partial charge is 0.377 e. The monoisotopic (exact) mass is 530 g/mol. The second-order valence-electron chi connectivity index (χ2n) is 9.11. The van der Waals surface area contributed by atoms with E-state index in [9.17, 15) is 28.9 Å². The summed E-state index contributed by atoms with van der Waals surface area (Å²) in [6.45, 7) is 0.747. The standard InChI is InChI=1S/C26H25F3N4O5/c27-19-6-2-8-21-23(19)24(30-25(34)33(21)26(35,36)37)32-12-13-38-15-18-16(4-1-7-20(18)32)9-10-17-5-3-11-31(17)14-22(28)29/h1-2,4,6-8,17,22,35-37H,3,5,11-15H2. The van der Waals surface area contributed by atoms with Crippen molar-refractivity contribution >= 4 is 22.4 Å². The van der Waals surface area contributed by atoms with Gasteiger partial charge in [0.15, 0.2) is 5.82 Å². The molecular weight excluding hydrogens is 505 g/mol. The molecule has 1 aromatic heterocycles. The highest BCUT2D eigenvalue weighted by Crippen LogP contribution is 2.36. The van der Waals surface area contributed by atoms with Crippen LogP contribution in [0.5, 0.6) is 0 Å². The minimum Gasteiger partial charge on any atom is -0.375 e. The number of likely N-dealkylation sites (tertiary alicyclic amines) is 1. The molecule has 12 heteroatoms. The Morgan fingerprint density at radius 3 is 2.71 bits per heavy atom. The van der Waals surface area contributed by atoms with Crippen molar-refractivity contribution in [2.45, 2.75) is 38.0 Å². The van der Waals surface area contributed by atoms with Crippen LogP contribution >= 0.6 is 0 Å². The van der Waals surface area contributed by atoms with Crippen LogP contribution in [0.3, 0.4) is 0 Å². The zero-order chi connectivity index (χ0) is 27.0. The van der Waals surface area contributed by atoms with E-state index in [0.717, 1.165) is 12.5 Å². The molecule has 1 fully saturated rings. The number of halogens is 3. The van der Waals surface area contributed by atoms with E-state index < -0.39 is 24.0 Å². The van der Waals surface area contributed by atoms with Gasteiger partial charge in [-0.05, 0) is 43.7 Å². The van der Waals surface area contributed by atoms with Gasteiger partial charge in [0.1, 0.15) is 5.82 Å². The van der Waals surface area contributed by atoms with Crippen LogP contribution in [0, 0.1) is 17.7 Å². The van der Waals surface area contributed by atoms with Crippen molar-refractivity contribution in [3.63, 3.8) is 0 Å². The number of aliphatic hydroxyl groups is 3. The summed E-state index contributed by atoms with van der Waals surface area (Å²) >= 11 is 0. The number of hydrogen-bond donors (Lipinski definition) is 3. The lowest BCUT2D eigenvalue weighted by Gasteiger charge is -2.27. The van der Waals surface area contributed by atoms with Crippen LogP contribution in [0.4, 0.5) is 24.7 Å². The molecule has 3 aromatic rings. The molecule has 2 aliphatic rings. The Bertz CT molecular complexity index is 1480. The number of anilines is 2. The van der Waals surface area contributed by atoms with Crippen molar-refractivity contribution in [2.24, 2.45) is 0 Å². The van der Waals surface area contributed by atoms with E-state index in [0.29, 0.717) is 29.8 Å². The minimum absolute atomic E-state index is 0.0978. The summed E-state index contributed by atoms with van der Waals surface area (Å²) in [5.74, 6) is 5.31. The van der Waals surface area contributed by atoms with E-state index in [1.54, 1.807) is 28.0 Å². The average molecular weight is 531 g/mol. The van der Waals surface area contributed by atoms with Gasteiger partial charge < -0.3 is 25.0 Å². The van der Waals surface area contributed by atoms with Gasteiger partial charge in [-0.1, -0.05) is 24.0 Å². The van der Waals surface area contributed by atoms with E-state index in [4.69, 9.17) is 4.74 Å². The third kappa shape index (κ3) is 4.99. The third-order valence-corrected chi connectivity index (χ3v) is 6.66. The van der Waals surface area contributed by atoms with Crippen LogP contribution in [0.2, 0.25) is 0 Å². The summed E-state index contributed by atoms with van der Waals surface area (Å²) in [5.41, 5.74) is 0.287. The van der Waals surface area contributed by atoms with E-state index in [2.05, 4.69) is 16.8 Å². The maximum absolute atomic E-state index is 15.1. The van der Waals surface area contributed by atoms with Gasteiger partial charge in [-0.2, -0.15) is 4.98 Å². The molecule has 0 amide bonds. The van der Waals surface area contributed by atoms with Gasteiger partial charge in [0.25, 0.3) is 6.43 Å². The summed E-state index contributed by atoms with van der Waals surface area (Å²) in [6, 6.07) is 8.58. The van der Waals surface area contributed by atoms with Crippen molar-refractivity contribution in [1.82, 2.24) is 14.5 Å². The Hall–Kier alpha value is -3.47. The maximum atomic E-state index is 15.1. The molecule has 0 spiro atoms. The van der Waals surface area contributed by atoms with Crippen LogP contribution in [0.15, 0.2) is 41.2 Å². The van der Waals surface area contributed by atoms with E-state index in [1.165, 1.54) is 12.1 Å². The molecule has 1 atom stereocenters. The number of ether oxygens (including phenoxy) is 1. The molecule has 200 valence electrons. The maximum Gasteiger partial charge on any atom is 0.377 e. The molecule has 0 bridgehead atoms. The van der Waals surface area contributed by atoms with Gasteiger partial charge in [-0.3, -0.25) is 4.90 Å². The highest BCUT2D eigenvalue weighted by Gasteiger charge is 2.31. The van der Waals surface area contributed by atoms with Crippen LogP contribution in [-0.4, -0.2) is 68.5 Å². The van der Waals surface area contributed by atoms with Crippen LogP contribution in [0.1, 0.15) is 24.0 Å². The number of aromatic nitrogens is 2. The predicted molar refractivity (Wildman–Crippen MR) is 131 cm³/mol. The summed E-state index contributed by atoms with van der Waals surface area (Å²) < 4.78 is 47.0. The molecule has 3 heterocycles. The van der Waals surface area contributed by atoms with Gasteiger partial charge in [0.05, 0.1) is 36.7 Å². The SMILES string of the molecule is O=c1nc(N2CCOCc3c(C#CC4CCCN4CC(F)F)cccc32)c2c(F)cccc2n1C(O)(O)O. The van der Waals surface area contributed by atoms with Gasteiger partial charge in [-0.15, -0.1) is 0 Å². The fourth-order valence-electron chi connectivity index (χ4n) is 5.02. The minimum atomic E-state index is -3.60. The van der Waals surface area contributed by atoms with Gasteiger partial charge in [0.2, 0.25) is 0 Å². The number of hydrogen-bond acceptors (Lipinski definition) is 8. The number of rotatable bonds is 4. The Balaban J connectivity index is 1.62. The van der Waals surface area contributed by atoms with Gasteiger partial charge in [0, 0.05) is 23.4 Å². The average Bonchev–Trinajstić information content (AvgIpc) is 3.15. The van der Waals surface area contributed by atoms with Crippen molar-refractivity contribution in [1.29, 1.82) is 0 Å². The van der Waals surface area contributed by atoms with Gasteiger partial charge >= 0.3 is 11.8 Å². The van der Waals surface area contributed by atoms with E-state index in [-0.39, 0.29) is 53.6 Å². The van der Waals surface area contributed by atoms with Crippen molar-refractivity contribution in [3.8, 4) is 11.8 Å². The summed E-state index contributed by atoms with van der Waals surface area (Å²) in [4.78, 5) is 19.9. The number of fused-ring (bicyclic) bond motifs is 2. The van der Waals surface area contributed by atoms with E-state index in [1.807, 2.05) is 0 Å². The topological polar surface area (TPSA) is 111 Å². The molecule has 3 N–H and O–H groups in total. The fraction of sp³-hybridized carbons (Fsp3) is 0.385. The predicted octanol–water partition coefficient (Wildman–Crippen LogP) is 1.83. The molecule has 0 aliphatic carbocycles. The smallest absolute Gasteiger partial charge is 0.375 e. The van der Waals surface area contributed by atoms with Crippen LogP contribution in [0.25, 0.3) is 10.9 Å². The number of benzene rings is 2. The number of nitrogens with zero attached hydrogens (tertiary/aromatic N) is 4. The lowest BCUT2D eigenvalue weighted by atomic mass is 10.0. The first-order valence-electron chi connectivity index (χ1n) is 12.0. The highest BCUT2D eigenvalue weighted by atomic mass is 19.3. The Morgan fingerprint density at radius 2 is 1.95 bits per heavy atom. The lowest BCUT2D eigenvalue weighted by molar-refractivity contribution is -0.374. The molecule has 2 aromatic carbocycles. The van der Waals surface area contributed by atoms with Gasteiger partial charge in [-0.25, -0.2) is 22.5 Å². The Morgan fingerprint density at radius 1 is 1.16 bits per heavy atom. The van der Waals surface area contributed by atoms with Crippen molar-refractivity contribution < 1.29 is 33.2 Å². The quantitative estimate of drug-likeness (QED) is 0.346. The molecule has 5 rings (SSSR count). The summed E-state index contributed by atoms with van der Waals surface area (Å²) in [6.07, 6.45) is -4.58. The summed E-state index contributed by atoms with van der Waals surface area (Å²) in [5, 5.41) is 29.0. The Kier molecular flexibility index (Phi) is 7.13. The van der Waals surface area contributed by atoms with Crippen LogP contribution in [-0.2, 0) is 17.4 Å². The Labute approximate surface area is 215 Å². The molecular formula is C26H25F3N4O5. The zero-order valence-electron chi connectivity index (χ0n) is 20.1. The molecule has 2 aliphatic heterocycles. The molecule has 0 saturated carbocycles. The molecule has 9 nitrogen and oxygen atoms in total. The fourth-order valence-corrected chi connectivity index (χ4v) is 5.02. The highest BCUT2D eigenvalue weighted by molar-refractivity contribution is 5.93. The zero-order valence-corrected chi connectivity index (χ0v) is 20.1. The van der Waals surface area contributed by atoms with Crippen molar-refractivity contribution in [2.75, 3.05) is 31.1 Å². The normalized spacial score (nSPS) is 18.4. The molecule has 0 radical (unpaired) electrons. The van der Waals surface area contributed by atoms with Crippen molar-refractivity contribution in [3.05, 3.63) is 63.8 Å². The van der Waals surface area contributed by atoms with E-state index >= 15 is 4.39 Å². The number of alkyl halides is 2.